The molecule has 4 rings (SSSR count). The maximum absolute atomic E-state index is 12.4. The molecule has 1 N–H and O–H groups in total. The topological polar surface area (TPSA) is 29.1 Å². The second-order valence-corrected chi connectivity index (χ2v) is 7.35. The van der Waals surface area contributed by atoms with Gasteiger partial charge in [-0.2, -0.15) is 0 Å². The van der Waals surface area contributed by atoms with Crippen LogP contribution in [0, 0.1) is 17.8 Å². The fraction of sp³-hybridized carbons (Fsp3) is 0.632. The summed E-state index contributed by atoms with van der Waals surface area (Å²) < 4.78 is 0. The summed E-state index contributed by atoms with van der Waals surface area (Å²) in [6, 6.07) is 8.86. The normalized spacial score (nSPS) is 33.7. The molecule has 0 aromatic heterocycles. The number of carbonyl (C=O) groups excluding carboxylic acids is 1. The van der Waals surface area contributed by atoms with E-state index in [0.717, 1.165) is 31.1 Å². The monoisotopic (exact) mass is 283 g/mol. The highest BCUT2D eigenvalue weighted by atomic mass is 16.1. The van der Waals surface area contributed by atoms with Crippen molar-refractivity contribution in [1.82, 2.24) is 5.32 Å². The Morgan fingerprint density at radius 2 is 2.05 bits per heavy atom. The van der Waals surface area contributed by atoms with Gasteiger partial charge in [0.15, 0.2) is 0 Å². The molecule has 1 aromatic rings. The molecule has 2 bridgehead atoms. The lowest BCUT2D eigenvalue weighted by atomic mass is 9.85. The molecule has 4 atom stereocenters. The standard InChI is InChI=1S/C19H25NO/c21-19(12-16-11-13-8-9-15(16)10-13)20-18-7-3-5-14-4-1-2-6-17(14)18/h1-2,4,6,13,15-16,18H,3,5,7-12H2,(H,20,21). The molecule has 112 valence electrons. The van der Waals surface area contributed by atoms with Gasteiger partial charge >= 0.3 is 0 Å². The van der Waals surface area contributed by atoms with E-state index in [9.17, 15) is 4.79 Å². The number of aryl methyl sites for hydroxylation is 1. The van der Waals surface area contributed by atoms with Crippen molar-refractivity contribution in [3.63, 3.8) is 0 Å². The van der Waals surface area contributed by atoms with Crippen molar-refractivity contribution >= 4 is 5.91 Å². The smallest absolute Gasteiger partial charge is 0.220 e. The van der Waals surface area contributed by atoms with E-state index in [1.165, 1.54) is 43.2 Å². The van der Waals surface area contributed by atoms with Crippen LogP contribution in [-0.2, 0) is 11.2 Å². The van der Waals surface area contributed by atoms with E-state index in [-0.39, 0.29) is 11.9 Å². The van der Waals surface area contributed by atoms with Gasteiger partial charge in [-0.1, -0.05) is 30.7 Å². The zero-order chi connectivity index (χ0) is 14.2. The number of hydrogen-bond acceptors (Lipinski definition) is 1. The fourth-order valence-electron chi connectivity index (χ4n) is 5.02. The Labute approximate surface area is 127 Å². The van der Waals surface area contributed by atoms with E-state index in [0.29, 0.717) is 5.92 Å². The molecular formula is C19H25NO. The Morgan fingerprint density at radius 1 is 1.14 bits per heavy atom. The molecule has 0 saturated heterocycles. The fourth-order valence-corrected chi connectivity index (χ4v) is 5.02. The van der Waals surface area contributed by atoms with Gasteiger partial charge in [-0.05, 0) is 67.4 Å². The minimum Gasteiger partial charge on any atom is -0.349 e. The zero-order valence-corrected chi connectivity index (χ0v) is 12.7. The van der Waals surface area contributed by atoms with Gasteiger partial charge < -0.3 is 5.32 Å². The second kappa shape index (κ2) is 5.47. The Hall–Kier alpha value is -1.31. The van der Waals surface area contributed by atoms with Crippen molar-refractivity contribution in [3.05, 3.63) is 35.4 Å². The molecule has 4 unspecified atom stereocenters. The maximum Gasteiger partial charge on any atom is 0.220 e. The van der Waals surface area contributed by atoms with Crippen LogP contribution in [-0.4, -0.2) is 5.91 Å². The number of benzene rings is 1. The number of hydrogen-bond donors (Lipinski definition) is 1. The molecule has 1 aromatic carbocycles. The first kappa shape index (κ1) is 13.4. The molecule has 0 radical (unpaired) electrons. The number of amides is 1. The van der Waals surface area contributed by atoms with Crippen LogP contribution in [0.1, 0.15) is 62.1 Å². The van der Waals surface area contributed by atoms with Gasteiger partial charge in [0, 0.05) is 6.42 Å². The average Bonchev–Trinajstić information content (AvgIpc) is 3.10. The Balaban J connectivity index is 1.39. The van der Waals surface area contributed by atoms with Gasteiger partial charge in [0.1, 0.15) is 0 Å². The third kappa shape index (κ3) is 2.61. The van der Waals surface area contributed by atoms with Crippen molar-refractivity contribution in [1.29, 1.82) is 0 Å². The minimum absolute atomic E-state index is 0.251. The van der Waals surface area contributed by atoms with Gasteiger partial charge in [0.25, 0.3) is 0 Å². The molecule has 21 heavy (non-hydrogen) atoms. The maximum atomic E-state index is 12.4. The lowest BCUT2D eigenvalue weighted by Gasteiger charge is -2.28. The van der Waals surface area contributed by atoms with E-state index in [4.69, 9.17) is 0 Å². The van der Waals surface area contributed by atoms with Crippen LogP contribution in [0.3, 0.4) is 0 Å². The third-order valence-corrected chi connectivity index (χ3v) is 6.04. The number of carbonyl (C=O) groups is 1. The van der Waals surface area contributed by atoms with Crippen molar-refractivity contribution in [2.24, 2.45) is 17.8 Å². The predicted octanol–water partition coefficient (Wildman–Crippen LogP) is 4.01. The average molecular weight is 283 g/mol. The highest BCUT2D eigenvalue weighted by Crippen LogP contribution is 2.49. The molecule has 1 amide bonds. The van der Waals surface area contributed by atoms with Crippen LogP contribution in [0.2, 0.25) is 0 Å². The molecule has 0 heterocycles. The van der Waals surface area contributed by atoms with Gasteiger partial charge in [0.2, 0.25) is 5.91 Å². The van der Waals surface area contributed by atoms with Crippen molar-refractivity contribution in [2.75, 3.05) is 0 Å². The van der Waals surface area contributed by atoms with Crippen LogP contribution >= 0.6 is 0 Å². The summed E-state index contributed by atoms with van der Waals surface area (Å²) in [5.41, 5.74) is 2.78. The molecule has 0 aliphatic heterocycles. The van der Waals surface area contributed by atoms with Crippen molar-refractivity contribution in [2.45, 2.75) is 57.4 Å². The molecule has 2 heteroatoms. The van der Waals surface area contributed by atoms with E-state index >= 15 is 0 Å². The molecule has 2 nitrogen and oxygen atoms in total. The first-order valence-electron chi connectivity index (χ1n) is 8.67. The summed E-state index contributed by atoms with van der Waals surface area (Å²) >= 11 is 0. The largest absolute Gasteiger partial charge is 0.349 e. The first-order valence-corrected chi connectivity index (χ1v) is 8.67. The quantitative estimate of drug-likeness (QED) is 0.892. The Morgan fingerprint density at radius 3 is 2.86 bits per heavy atom. The predicted molar refractivity (Wildman–Crippen MR) is 83.8 cm³/mol. The molecule has 3 aliphatic carbocycles. The Bertz CT molecular complexity index is 538. The van der Waals surface area contributed by atoms with Crippen LogP contribution < -0.4 is 5.32 Å². The third-order valence-electron chi connectivity index (χ3n) is 6.04. The first-order chi connectivity index (χ1) is 10.3. The van der Waals surface area contributed by atoms with Gasteiger partial charge in [-0.15, -0.1) is 0 Å². The summed E-state index contributed by atoms with van der Waals surface area (Å²) in [6.45, 7) is 0. The van der Waals surface area contributed by atoms with Crippen LogP contribution in [0.15, 0.2) is 24.3 Å². The van der Waals surface area contributed by atoms with Gasteiger partial charge in [-0.25, -0.2) is 0 Å². The highest BCUT2D eigenvalue weighted by Gasteiger charge is 2.40. The summed E-state index contributed by atoms with van der Waals surface area (Å²) in [5.74, 6) is 2.74. The van der Waals surface area contributed by atoms with E-state index in [1.54, 1.807) is 0 Å². The SMILES string of the molecule is O=C(CC1CC2CCC1C2)NC1CCCc2ccccc21. The zero-order valence-electron chi connectivity index (χ0n) is 12.7. The molecule has 0 spiro atoms. The van der Waals surface area contributed by atoms with E-state index in [2.05, 4.69) is 29.6 Å². The Kier molecular flexibility index (Phi) is 3.48. The lowest BCUT2D eigenvalue weighted by Crippen LogP contribution is -2.32. The summed E-state index contributed by atoms with van der Waals surface area (Å²) in [4.78, 5) is 12.4. The van der Waals surface area contributed by atoms with Crippen LogP contribution in [0.5, 0.6) is 0 Å². The van der Waals surface area contributed by atoms with Gasteiger partial charge in [-0.3, -0.25) is 4.79 Å². The summed E-state index contributed by atoms with van der Waals surface area (Å²) in [5, 5.41) is 3.32. The summed E-state index contributed by atoms with van der Waals surface area (Å²) in [7, 11) is 0. The van der Waals surface area contributed by atoms with Crippen LogP contribution in [0.4, 0.5) is 0 Å². The second-order valence-electron chi connectivity index (χ2n) is 7.35. The number of rotatable bonds is 3. The minimum atomic E-state index is 0.251. The lowest BCUT2D eigenvalue weighted by molar-refractivity contribution is -0.123. The van der Waals surface area contributed by atoms with Gasteiger partial charge in [0.05, 0.1) is 6.04 Å². The number of nitrogens with one attached hydrogen (secondary N) is 1. The molecule has 2 saturated carbocycles. The van der Waals surface area contributed by atoms with Crippen molar-refractivity contribution in [3.8, 4) is 0 Å². The summed E-state index contributed by atoms with van der Waals surface area (Å²) in [6.07, 6.45) is 9.70. The van der Waals surface area contributed by atoms with Crippen molar-refractivity contribution < 1.29 is 4.79 Å². The van der Waals surface area contributed by atoms with E-state index in [1.807, 2.05) is 0 Å². The number of fused-ring (bicyclic) bond motifs is 3. The molecular weight excluding hydrogens is 258 g/mol. The highest BCUT2D eigenvalue weighted by molar-refractivity contribution is 5.77. The molecule has 2 fully saturated rings. The van der Waals surface area contributed by atoms with Crippen LogP contribution in [0.25, 0.3) is 0 Å². The van der Waals surface area contributed by atoms with E-state index < -0.39 is 0 Å². The molecule has 3 aliphatic rings.